The zero-order chi connectivity index (χ0) is 13.3. The molecule has 2 unspecified atom stereocenters. The largest absolute Gasteiger partial charge is 0.462 e. The van der Waals surface area contributed by atoms with E-state index in [-0.39, 0.29) is 5.60 Å². The van der Waals surface area contributed by atoms with Gasteiger partial charge in [0.25, 0.3) is 6.47 Å². The maximum atomic E-state index is 9.60. The van der Waals surface area contributed by atoms with Crippen LogP contribution in [0.25, 0.3) is 0 Å². The van der Waals surface area contributed by atoms with E-state index in [1.807, 2.05) is 20.8 Å². The molecule has 0 bridgehead atoms. The fraction of sp³-hybridized carbons (Fsp3) is 0.917. The van der Waals surface area contributed by atoms with Crippen molar-refractivity contribution in [2.24, 2.45) is 0 Å². The second kappa shape index (κ2) is 8.72. The molecule has 1 fully saturated rings. The zero-order valence-electron chi connectivity index (χ0n) is 11.3. The molecule has 1 heterocycles. The Hall–Kier alpha value is -0.320. The fourth-order valence-electron chi connectivity index (χ4n) is 1.30. The van der Waals surface area contributed by atoms with E-state index < -0.39 is 0 Å². The summed E-state index contributed by atoms with van der Waals surface area (Å²) in [6.45, 7) is 10.2. The minimum Gasteiger partial charge on any atom is -0.462 e. The van der Waals surface area contributed by atoms with Crippen molar-refractivity contribution < 1.29 is 9.53 Å². The Kier molecular flexibility index (Phi) is 8.56. The number of rotatable bonds is 3. The minimum atomic E-state index is -0.318. The Morgan fingerprint density at radius 2 is 1.82 bits per heavy atom. The maximum Gasteiger partial charge on any atom is 0.293 e. The fourth-order valence-corrected chi connectivity index (χ4v) is 1.52. The van der Waals surface area contributed by atoms with Crippen molar-refractivity contribution in [3.05, 3.63) is 0 Å². The number of hydrogen-bond donors (Lipinski definition) is 2. The van der Waals surface area contributed by atoms with Gasteiger partial charge in [-0.25, -0.2) is 0 Å². The summed E-state index contributed by atoms with van der Waals surface area (Å²) in [5, 5.41) is 6.80. The van der Waals surface area contributed by atoms with Crippen LogP contribution in [-0.4, -0.2) is 43.1 Å². The zero-order valence-corrected chi connectivity index (χ0v) is 12.0. The molecular weight excluding hydrogens is 240 g/mol. The van der Waals surface area contributed by atoms with E-state index >= 15 is 0 Å². The summed E-state index contributed by atoms with van der Waals surface area (Å²) in [5.41, 5.74) is -0.318. The highest BCUT2D eigenvalue weighted by atomic mass is 35.5. The Labute approximate surface area is 109 Å². The van der Waals surface area contributed by atoms with Crippen molar-refractivity contribution >= 4 is 18.1 Å². The third-order valence-corrected chi connectivity index (χ3v) is 2.76. The Bertz CT molecular complexity index is 187. The van der Waals surface area contributed by atoms with Gasteiger partial charge >= 0.3 is 0 Å². The van der Waals surface area contributed by atoms with Gasteiger partial charge in [-0.15, -0.1) is 11.6 Å². The van der Waals surface area contributed by atoms with E-state index in [0.717, 1.165) is 13.1 Å². The van der Waals surface area contributed by atoms with Crippen LogP contribution in [0, 0.1) is 0 Å². The summed E-state index contributed by atoms with van der Waals surface area (Å²) in [6, 6.07) is 1.13. The molecule has 0 aromatic carbocycles. The number of ether oxygens (including phenoxy) is 1. The van der Waals surface area contributed by atoms with Gasteiger partial charge in [-0.2, -0.15) is 0 Å². The monoisotopic (exact) mass is 264 g/mol. The molecule has 1 aliphatic rings. The molecule has 0 spiro atoms. The van der Waals surface area contributed by atoms with Crippen molar-refractivity contribution in [3.8, 4) is 0 Å². The van der Waals surface area contributed by atoms with E-state index in [2.05, 4.69) is 22.3 Å². The van der Waals surface area contributed by atoms with Crippen LogP contribution in [0.5, 0.6) is 0 Å². The Balaban J connectivity index is 0.000000325. The van der Waals surface area contributed by atoms with Crippen molar-refractivity contribution in [3.63, 3.8) is 0 Å². The number of alkyl halides is 1. The van der Waals surface area contributed by atoms with Crippen LogP contribution in [0.1, 0.15) is 34.1 Å². The van der Waals surface area contributed by atoms with Gasteiger partial charge in [0.2, 0.25) is 0 Å². The molecule has 102 valence electrons. The van der Waals surface area contributed by atoms with Crippen LogP contribution in [0.2, 0.25) is 0 Å². The van der Waals surface area contributed by atoms with Crippen LogP contribution in [0.4, 0.5) is 0 Å². The molecule has 4 nitrogen and oxygen atoms in total. The number of carbonyl (C=O) groups excluding carboxylic acids is 1. The van der Waals surface area contributed by atoms with Crippen molar-refractivity contribution in [1.29, 1.82) is 0 Å². The molecule has 5 heteroatoms. The lowest BCUT2D eigenvalue weighted by Gasteiger charge is -2.29. The van der Waals surface area contributed by atoms with E-state index in [1.165, 1.54) is 6.42 Å². The van der Waals surface area contributed by atoms with Gasteiger partial charge in [-0.3, -0.25) is 4.79 Å². The molecule has 0 aromatic rings. The molecule has 17 heavy (non-hydrogen) atoms. The highest BCUT2D eigenvalue weighted by Crippen LogP contribution is 2.02. The quantitative estimate of drug-likeness (QED) is 0.600. The van der Waals surface area contributed by atoms with Gasteiger partial charge in [0.05, 0.1) is 0 Å². The molecule has 1 saturated heterocycles. The summed E-state index contributed by atoms with van der Waals surface area (Å²) in [4.78, 5) is 9.60. The molecule has 0 aromatic heterocycles. The summed E-state index contributed by atoms with van der Waals surface area (Å²) in [5.74, 6) is 0.712. The number of piperazine rings is 1. The molecule has 0 saturated carbocycles. The summed E-state index contributed by atoms with van der Waals surface area (Å²) >= 11 is 5.67. The molecule has 2 atom stereocenters. The first kappa shape index (κ1) is 16.7. The first-order valence-corrected chi connectivity index (χ1v) is 6.60. The lowest BCUT2D eigenvalue weighted by Crippen LogP contribution is -2.54. The van der Waals surface area contributed by atoms with Crippen LogP contribution >= 0.6 is 11.6 Å². The van der Waals surface area contributed by atoms with Crippen LogP contribution < -0.4 is 10.6 Å². The number of nitrogens with one attached hydrogen (secondary N) is 2. The van der Waals surface area contributed by atoms with Crippen molar-refractivity contribution in [2.45, 2.75) is 51.8 Å². The average molecular weight is 265 g/mol. The molecule has 1 aliphatic heterocycles. The van der Waals surface area contributed by atoms with Crippen LogP contribution in [0.3, 0.4) is 0 Å². The van der Waals surface area contributed by atoms with Gasteiger partial charge < -0.3 is 15.4 Å². The normalized spacial score (nSPS) is 24.5. The number of hydrogen-bond acceptors (Lipinski definition) is 4. The third kappa shape index (κ3) is 9.39. The van der Waals surface area contributed by atoms with Crippen LogP contribution in [-0.2, 0) is 9.53 Å². The van der Waals surface area contributed by atoms with Gasteiger partial charge in [0, 0.05) is 31.1 Å². The van der Waals surface area contributed by atoms with E-state index in [1.54, 1.807) is 0 Å². The minimum absolute atomic E-state index is 0.318. The smallest absolute Gasteiger partial charge is 0.293 e. The van der Waals surface area contributed by atoms with Gasteiger partial charge in [-0.05, 0) is 27.2 Å². The van der Waals surface area contributed by atoms with Gasteiger partial charge in [0.1, 0.15) is 5.60 Å². The standard InChI is InChI=1S/C7H15ClN2.C5H10O2/c1-2-6-4-10-7(3-8)5-9-6;1-5(2,3)7-4-6/h6-7,9-10H,2-5H2,1H3;4H,1-3H3. The SMILES string of the molecule is CC(C)(C)OC=O.CCC1CNC(CCl)CN1. The highest BCUT2D eigenvalue weighted by molar-refractivity contribution is 6.18. The summed E-state index contributed by atoms with van der Waals surface area (Å²) in [6.07, 6.45) is 1.20. The number of halogens is 1. The van der Waals surface area contributed by atoms with Gasteiger partial charge in [0.15, 0.2) is 0 Å². The predicted molar refractivity (Wildman–Crippen MR) is 71.5 cm³/mol. The second-order valence-corrected chi connectivity index (χ2v) is 5.41. The average Bonchev–Trinajstić information content (AvgIpc) is 2.28. The molecular formula is C12H25ClN2O2. The second-order valence-electron chi connectivity index (χ2n) is 5.10. The Morgan fingerprint density at radius 1 is 1.29 bits per heavy atom. The van der Waals surface area contributed by atoms with Gasteiger partial charge in [-0.1, -0.05) is 6.92 Å². The lowest BCUT2D eigenvalue weighted by molar-refractivity contribution is -0.138. The highest BCUT2D eigenvalue weighted by Gasteiger charge is 2.16. The molecule has 0 radical (unpaired) electrons. The first-order valence-electron chi connectivity index (χ1n) is 6.07. The molecule has 0 amide bonds. The van der Waals surface area contributed by atoms with E-state index in [9.17, 15) is 4.79 Å². The molecule has 2 N–H and O–H groups in total. The third-order valence-electron chi connectivity index (χ3n) is 2.39. The topological polar surface area (TPSA) is 50.4 Å². The molecule has 1 rings (SSSR count). The molecule has 0 aliphatic carbocycles. The maximum absolute atomic E-state index is 9.60. The summed E-state index contributed by atoms with van der Waals surface area (Å²) in [7, 11) is 0. The Morgan fingerprint density at radius 3 is 2.06 bits per heavy atom. The van der Waals surface area contributed by atoms with E-state index in [4.69, 9.17) is 11.6 Å². The lowest BCUT2D eigenvalue weighted by atomic mass is 10.1. The van der Waals surface area contributed by atoms with E-state index in [0.29, 0.717) is 24.4 Å². The van der Waals surface area contributed by atoms with Crippen LogP contribution in [0.15, 0.2) is 0 Å². The van der Waals surface area contributed by atoms with Crippen molar-refractivity contribution in [1.82, 2.24) is 10.6 Å². The number of carbonyl (C=O) groups is 1. The first-order chi connectivity index (χ1) is 7.92. The summed E-state index contributed by atoms with van der Waals surface area (Å²) < 4.78 is 4.55. The van der Waals surface area contributed by atoms with Crippen molar-refractivity contribution in [2.75, 3.05) is 19.0 Å². The predicted octanol–water partition coefficient (Wildman–Crippen LogP) is 1.52.